The fraction of sp³-hybridized carbons (Fsp3) is 0.269. The molecule has 184 valence electrons. The molecule has 5 rings (SSSR count). The van der Waals surface area contributed by atoms with Crippen molar-refractivity contribution in [2.45, 2.75) is 32.4 Å². The second-order valence-electron chi connectivity index (χ2n) is 8.36. The SMILES string of the molecule is CCOC(=O)c1cc2c(=O)n3ccccc3nc2n(C[C@H]2CCCO2)c1=NC(=O)c1cccc(Cl)c1. The predicted octanol–water partition coefficient (Wildman–Crippen LogP) is 3.40. The molecule has 0 unspecified atom stereocenters. The van der Waals surface area contributed by atoms with Gasteiger partial charge in [0.05, 0.1) is 24.6 Å². The fourth-order valence-corrected chi connectivity index (χ4v) is 4.49. The van der Waals surface area contributed by atoms with Crippen LogP contribution in [-0.4, -0.2) is 45.1 Å². The molecule has 1 aliphatic rings. The molecule has 1 aromatic carbocycles. The number of rotatable bonds is 5. The van der Waals surface area contributed by atoms with Crippen LogP contribution in [0.5, 0.6) is 0 Å². The summed E-state index contributed by atoms with van der Waals surface area (Å²) >= 11 is 6.07. The number of hydrogen-bond acceptors (Lipinski definition) is 6. The molecule has 10 heteroatoms. The molecule has 0 spiro atoms. The number of carbonyl (C=O) groups excluding carboxylic acids is 2. The Labute approximate surface area is 210 Å². The van der Waals surface area contributed by atoms with Crippen LogP contribution < -0.4 is 11.0 Å². The number of esters is 1. The highest BCUT2D eigenvalue weighted by atomic mass is 35.5. The molecular weight excluding hydrogens is 484 g/mol. The minimum Gasteiger partial charge on any atom is -0.462 e. The van der Waals surface area contributed by atoms with Crippen LogP contribution in [0.15, 0.2) is 64.5 Å². The van der Waals surface area contributed by atoms with Gasteiger partial charge in [0.15, 0.2) is 5.49 Å². The standard InChI is InChI=1S/C26H23ClN4O5/c1-2-35-26(34)20-14-19-22(28-21-10-3-4-11-30(21)25(19)33)31(15-18-9-6-12-36-18)23(20)29-24(32)16-7-5-8-17(27)13-16/h3-5,7-8,10-11,13-14,18H,2,6,9,12,15H2,1H3/t18-/m1/s1. The van der Waals surface area contributed by atoms with Gasteiger partial charge in [0, 0.05) is 23.4 Å². The fourth-order valence-electron chi connectivity index (χ4n) is 4.30. The maximum absolute atomic E-state index is 13.4. The molecule has 9 nitrogen and oxygen atoms in total. The van der Waals surface area contributed by atoms with E-state index in [0.717, 1.165) is 12.8 Å². The van der Waals surface area contributed by atoms with Gasteiger partial charge in [0.2, 0.25) is 0 Å². The van der Waals surface area contributed by atoms with Crippen molar-refractivity contribution in [1.29, 1.82) is 0 Å². The highest BCUT2D eigenvalue weighted by Gasteiger charge is 2.24. The van der Waals surface area contributed by atoms with Crippen LogP contribution in [-0.2, 0) is 16.0 Å². The van der Waals surface area contributed by atoms with Gasteiger partial charge in [-0.1, -0.05) is 23.7 Å². The maximum Gasteiger partial charge on any atom is 0.341 e. The molecule has 1 fully saturated rings. The summed E-state index contributed by atoms with van der Waals surface area (Å²) in [6, 6.07) is 13.0. The summed E-state index contributed by atoms with van der Waals surface area (Å²) in [6.45, 7) is 2.64. The van der Waals surface area contributed by atoms with Crippen molar-refractivity contribution in [2.24, 2.45) is 4.99 Å². The number of pyridine rings is 2. The Morgan fingerprint density at radius 2 is 2.08 bits per heavy atom. The molecule has 1 atom stereocenters. The van der Waals surface area contributed by atoms with Crippen LogP contribution in [0.1, 0.15) is 40.5 Å². The lowest BCUT2D eigenvalue weighted by atomic mass is 10.1. The Morgan fingerprint density at radius 1 is 1.22 bits per heavy atom. The molecule has 1 saturated heterocycles. The van der Waals surface area contributed by atoms with E-state index in [1.54, 1.807) is 54.1 Å². The third kappa shape index (κ3) is 4.55. The second kappa shape index (κ2) is 10.0. The Hall–Kier alpha value is -3.82. The van der Waals surface area contributed by atoms with E-state index in [1.807, 2.05) is 0 Å². The van der Waals surface area contributed by atoms with Gasteiger partial charge in [-0.25, -0.2) is 9.78 Å². The van der Waals surface area contributed by atoms with Gasteiger partial charge in [-0.3, -0.25) is 14.0 Å². The quantitative estimate of drug-likeness (QED) is 0.303. The minimum absolute atomic E-state index is 0.00694. The molecule has 36 heavy (non-hydrogen) atoms. The summed E-state index contributed by atoms with van der Waals surface area (Å²) in [5.41, 5.74) is 0.670. The first-order chi connectivity index (χ1) is 17.5. The summed E-state index contributed by atoms with van der Waals surface area (Å²) in [5.74, 6) is -1.29. The third-order valence-electron chi connectivity index (χ3n) is 5.97. The van der Waals surface area contributed by atoms with Crippen LogP contribution in [0.3, 0.4) is 0 Å². The third-order valence-corrected chi connectivity index (χ3v) is 6.21. The number of fused-ring (bicyclic) bond motifs is 2. The van der Waals surface area contributed by atoms with E-state index in [4.69, 9.17) is 26.1 Å². The molecule has 0 saturated carbocycles. The lowest BCUT2D eigenvalue weighted by molar-refractivity contribution is 0.0521. The van der Waals surface area contributed by atoms with Gasteiger partial charge in [-0.15, -0.1) is 0 Å². The van der Waals surface area contributed by atoms with Gasteiger partial charge in [-0.2, -0.15) is 4.99 Å². The summed E-state index contributed by atoms with van der Waals surface area (Å²) in [6.07, 6.45) is 3.08. The number of halogens is 1. The molecule has 3 aromatic heterocycles. The topological polar surface area (TPSA) is 104 Å². The average Bonchev–Trinajstić information content (AvgIpc) is 3.39. The molecular formula is C26H23ClN4O5. The van der Waals surface area contributed by atoms with Crippen molar-refractivity contribution in [3.05, 3.63) is 86.7 Å². The smallest absolute Gasteiger partial charge is 0.341 e. The van der Waals surface area contributed by atoms with Gasteiger partial charge >= 0.3 is 5.97 Å². The first-order valence-electron chi connectivity index (χ1n) is 11.6. The van der Waals surface area contributed by atoms with E-state index in [-0.39, 0.29) is 46.8 Å². The zero-order valence-corrected chi connectivity index (χ0v) is 20.3. The number of nitrogens with zero attached hydrogens (tertiary/aromatic N) is 4. The van der Waals surface area contributed by atoms with Gasteiger partial charge in [0.1, 0.15) is 16.9 Å². The highest BCUT2D eigenvalue weighted by Crippen LogP contribution is 2.18. The van der Waals surface area contributed by atoms with Crippen molar-refractivity contribution >= 4 is 40.2 Å². The van der Waals surface area contributed by atoms with Crippen molar-refractivity contribution < 1.29 is 19.1 Å². The number of carbonyl (C=O) groups is 2. The Bertz CT molecular complexity index is 1620. The summed E-state index contributed by atoms with van der Waals surface area (Å²) in [5, 5.41) is 0.586. The lowest BCUT2D eigenvalue weighted by Crippen LogP contribution is -2.35. The first kappa shape index (κ1) is 23.9. The van der Waals surface area contributed by atoms with Crippen LogP contribution in [0.25, 0.3) is 16.7 Å². The number of ether oxygens (including phenoxy) is 2. The Kier molecular flexibility index (Phi) is 6.67. The highest BCUT2D eigenvalue weighted by molar-refractivity contribution is 6.31. The monoisotopic (exact) mass is 506 g/mol. The maximum atomic E-state index is 13.4. The number of benzene rings is 1. The van der Waals surface area contributed by atoms with Crippen LogP contribution in [0, 0.1) is 0 Å². The molecule has 0 aliphatic carbocycles. The van der Waals surface area contributed by atoms with Crippen molar-refractivity contribution in [1.82, 2.24) is 14.0 Å². The van der Waals surface area contributed by atoms with E-state index in [2.05, 4.69) is 4.99 Å². The Morgan fingerprint density at radius 3 is 2.83 bits per heavy atom. The summed E-state index contributed by atoms with van der Waals surface area (Å²) in [4.78, 5) is 48.7. The number of aromatic nitrogens is 3. The van der Waals surface area contributed by atoms with Gasteiger partial charge in [-0.05, 0) is 56.2 Å². The lowest BCUT2D eigenvalue weighted by Gasteiger charge is -2.18. The van der Waals surface area contributed by atoms with Crippen molar-refractivity contribution in [3.63, 3.8) is 0 Å². The second-order valence-corrected chi connectivity index (χ2v) is 8.79. The molecule has 0 bridgehead atoms. The Balaban J connectivity index is 1.86. The van der Waals surface area contributed by atoms with Crippen LogP contribution in [0.2, 0.25) is 5.02 Å². The molecule has 1 amide bonds. The van der Waals surface area contributed by atoms with Gasteiger partial charge in [0.25, 0.3) is 11.5 Å². The average molecular weight is 507 g/mol. The predicted molar refractivity (Wildman–Crippen MR) is 133 cm³/mol. The van der Waals surface area contributed by atoms with Crippen LogP contribution >= 0.6 is 11.6 Å². The van der Waals surface area contributed by atoms with Gasteiger partial charge < -0.3 is 14.0 Å². The largest absolute Gasteiger partial charge is 0.462 e. The van der Waals surface area contributed by atoms with E-state index in [0.29, 0.717) is 22.9 Å². The van der Waals surface area contributed by atoms with E-state index < -0.39 is 11.9 Å². The molecule has 0 N–H and O–H groups in total. The molecule has 4 aromatic rings. The van der Waals surface area contributed by atoms with E-state index in [1.165, 1.54) is 16.5 Å². The normalized spacial score (nSPS) is 16.1. The zero-order chi connectivity index (χ0) is 25.2. The minimum atomic E-state index is -0.698. The zero-order valence-electron chi connectivity index (χ0n) is 19.5. The van der Waals surface area contributed by atoms with Crippen molar-refractivity contribution in [3.8, 4) is 0 Å². The van der Waals surface area contributed by atoms with Crippen LogP contribution in [0.4, 0.5) is 0 Å². The van der Waals surface area contributed by atoms with E-state index >= 15 is 0 Å². The molecule has 0 radical (unpaired) electrons. The van der Waals surface area contributed by atoms with Crippen molar-refractivity contribution in [2.75, 3.05) is 13.2 Å². The first-order valence-corrected chi connectivity index (χ1v) is 12.0. The van der Waals surface area contributed by atoms with E-state index in [9.17, 15) is 14.4 Å². The number of hydrogen-bond donors (Lipinski definition) is 0. The summed E-state index contributed by atoms with van der Waals surface area (Å²) < 4.78 is 14.1. The molecule has 4 heterocycles. The summed E-state index contributed by atoms with van der Waals surface area (Å²) in [7, 11) is 0. The molecule has 1 aliphatic heterocycles. The number of amides is 1.